The van der Waals surface area contributed by atoms with Crippen LogP contribution in [0.15, 0.2) is 70.8 Å². The van der Waals surface area contributed by atoms with Crippen molar-refractivity contribution in [2.75, 3.05) is 11.1 Å². The fourth-order valence-electron chi connectivity index (χ4n) is 2.86. The van der Waals surface area contributed by atoms with Gasteiger partial charge in [0.1, 0.15) is 11.5 Å². The van der Waals surface area contributed by atoms with Gasteiger partial charge in [-0.1, -0.05) is 23.9 Å². The predicted molar refractivity (Wildman–Crippen MR) is 110 cm³/mol. The monoisotopic (exact) mass is 460 g/mol. The zero-order chi connectivity index (χ0) is 22.6. The highest BCUT2D eigenvalue weighted by molar-refractivity contribution is 7.99. The van der Waals surface area contributed by atoms with Crippen LogP contribution >= 0.6 is 11.8 Å². The van der Waals surface area contributed by atoms with Gasteiger partial charge in [-0.25, -0.2) is 4.98 Å². The number of nitrogens with one attached hydrogen (secondary N) is 1. The molecule has 3 aromatic heterocycles. The molecule has 0 bridgehead atoms. The molecule has 1 N–H and O–H groups in total. The van der Waals surface area contributed by atoms with Crippen LogP contribution in [0.4, 0.5) is 18.9 Å². The lowest BCUT2D eigenvalue weighted by molar-refractivity contribution is -0.137. The van der Waals surface area contributed by atoms with Crippen molar-refractivity contribution in [3.05, 3.63) is 72.6 Å². The number of rotatable bonds is 7. The van der Waals surface area contributed by atoms with E-state index in [1.54, 1.807) is 16.7 Å². The fourth-order valence-corrected chi connectivity index (χ4v) is 3.59. The molecule has 0 saturated heterocycles. The van der Waals surface area contributed by atoms with Gasteiger partial charge in [0.05, 0.1) is 36.0 Å². The van der Waals surface area contributed by atoms with Crippen LogP contribution in [0.3, 0.4) is 0 Å². The topological polar surface area (TPSA) is 98.7 Å². The molecule has 32 heavy (non-hydrogen) atoms. The van der Waals surface area contributed by atoms with Crippen molar-refractivity contribution in [3.63, 3.8) is 0 Å². The molecule has 1 amide bonds. The Morgan fingerprint density at radius 3 is 2.69 bits per heavy atom. The van der Waals surface area contributed by atoms with Crippen LogP contribution in [0.2, 0.25) is 0 Å². The van der Waals surface area contributed by atoms with Crippen molar-refractivity contribution in [3.8, 4) is 11.5 Å². The van der Waals surface area contributed by atoms with Crippen molar-refractivity contribution in [1.82, 2.24) is 24.7 Å². The van der Waals surface area contributed by atoms with Crippen LogP contribution in [-0.2, 0) is 17.5 Å². The molecular formula is C20H15F3N6O2S. The number of aromatic nitrogens is 5. The van der Waals surface area contributed by atoms with Gasteiger partial charge in [0.2, 0.25) is 5.91 Å². The second-order valence-electron chi connectivity index (χ2n) is 6.44. The smallest absolute Gasteiger partial charge is 0.418 e. The van der Waals surface area contributed by atoms with Gasteiger partial charge in [0.25, 0.3) is 0 Å². The van der Waals surface area contributed by atoms with E-state index in [-0.39, 0.29) is 18.0 Å². The normalized spacial score (nSPS) is 11.5. The second-order valence-corrected chi connectivity index (χ2v) is 7.39. The molecule has 4 rings (SSSR count). The lowest BCUT2D eigenvalue weighted by Crippen LogP contribution is -2.18. The average molecular weight is 460 g/mol. The maximum absolute atomic E-state index is 13.1. The van der Waals surface area contributed by atoms with Crippen LogP contribution in [0.25, 0.3) is 11.5 Å². The van der Waals surface area contributed by atoms with Crippen molar-refractivity contribution in [2.24, 2.45) is 0 Å². The van der Waals surface area contributed by atoms with E-state index in [0.717, 1.165) is 17.8 Å². The van der Waals surface area contributed by atoms with Gasteiger partial charge in [-0.2, -0.15) is 13.2 Å². The lowest BCUT2D eigenvalue weighted by Gasteiger charge is -2.13. The zero-order valence-electron chi connectivity index (χ0n) is 16.3. The minimum absolute atomic E-state index is 0.178. The van der Waals surface area contributed by atoms with Crippen LogP contribution in [0.1, 0.15) is 11.3 Å². The SMILES string of the molecule is O=C(CSc1nnc(-c2cnccn2)n1Cc1ccco1)Nc1ccccc1C(F)(F)F. The first-order valence-electron chi connectivity index (χ1n) is 9.22. The summed E-state index contributed by atoms with van der Waals surface area (Å²) in [6.07, 6.45) is 1.51. The first-order chi connectivity index (χ1) is 15.4. The molecule has 0 spiro atoms. The number of benzene rings is 1. The molecule has 0 aliphatic carbocycles. The molecule has 0 atom stereocenters. The number of nitrogens with zero attached hydrogens (tertiary/aromatic N) is 5. The highest BCUT2D eigenvalue weighted by Gasteiger charge is 2.33. The van der Waals surface area contributed by atoms with E-state index in [1.807, 2.05) is 0 Å². The number of carbonyl (C=O) groups excluding carboxylic acids is 1. The Balaban J connectivity index is 1.52. The number of halogens is 3. The van der Waals surface area contributed by atoms with E-state index in [1.165, 1.54) is 43.1 Å². The largest absolute Gasteiger partial charge is 0.467 e. The van der Waals surface area contributed by atoms with Crippen molar-refractivity contribution in [1.29, 1.82) is 0 Å². The van der Waals surface area contributed by atoms with Gasteiger partial charge in [-0.05, 0) is 24.3 Å². The van der Waals surface area contributed by atoms with E-state index in [9.17, 15) is 18.0 Å². The second kappa shape index (κ2) is 9.22. The predicted octanol–water partition coefficient (Wildman–Crippen LogP) is 4.13. The Kier molecular flexibility index (Phi) is 6.21. The summed E-state index contributed by atoms with van der Waals surface area (Å²) in [4.78, 5) is 20.6. The van der Waals surface area contributed by atoms with Gasteiger partial charge in [-0.3, -0.25) is 14.3 Å². The number of alkyl halides is 3. The number of hydrogen-bond acceptors (Lipinski definition) is 7. The van der Waals surface area contributed by atoms with Gasteiger partial charge in [0, 0.05) is 12.4 Å². The van der Waals surface area contributed by atoms with E-state index in [4.69, 9.17) is 4.42 Å². The van der Waals surface area contributed by atoms with Crippen molar-refractivity contribution < 1.29 is 22.4 Å². The molecule has 8 nitrogen and oxygen atoms in total. The molecule has 0 saturated carbocycles. The van der Waals surface area contributed by atoms with Gasteiger partial charge >= 0.3 is 6.18 Å². The number of anilines is 1. The van der Waals surface area contributed by atoms with Crippen molar-refractivity contribution >= 4 is 23.4 Å². The Morgan fingerprint density at radius 1 is 1.12 bits per heavy atom. The molecule has 3 heterocycles. The minimum Gasteiger partial charge on any atom is -0.467 e. The third kappa shape index (κ3) is 4.97. The summed E-state index contributed by atoms with van der Waals surface area (Å²) in [7, 11) is 0. The summed E-state index contributed by atoms with van der Waals surface area (Å²) < 4.78 is 46.5. The number of thioether (sulfide) groups is 1. The van der Waals surface area contributed by atoms with E-state index < -0.39 is 17.6 Å². The Hall–Kier alpha value is -3.67. The zero-order valence-corrected chi connectivity index (χ0v) is 17.1. The number of hydrogen-bond donors (Lipinski definition) is 1. The summed E-state index contributed by atoms with van der Waals surface area (Å²) in [5.74, 6) is 0.253. The highest BCUT2D eigenvalue weighted by atomic mass is 32.2. The molecule has 1 aromatic carbocycles. The molecule has 0 radical (unpaired) electrons. The third-order valence-electron chi connectivity index (χ3n) is 4.24. The molecule has 12 heteroatoms. The van der Waals surface area contributed by atoms with Gasteiger partial charge < -0.3 is 9.73 Å². The van der Waals surface area contributed by atoms with Crippen LogP contribution in [-0.4, -0.2) is 36.4 Å². The quantitative estimate of drug-likeness (QED) is 0.414. The van der Waals surface area contributed by atoms with Crippen LogP contribution in [0.5, 0.6) is 0 Å². The summed E-state index contributed by atoms with van der Waals surface area (Å²) >= 11 is 1.03. The number of carbonyl (C=O) groups is 1. The Morgan fingerprint density at radius 2 is 1.97 bits per heavy atom. The van der Waals surface area contributed by atoms with Crippen LogP contribution < -0.4 is 5.32 Å². The average Bonchev–Trinajstić information content (AvgIpc) is 3.43. The summed E-state index contributed by atoms with van der Waals surface area (Å²) in [6.45, 7) is 0.271. The number of amides is 1. The fraction of sp³-hybridized carbons (Fsp3) is 0.150. The van der Waals surface area contributed by atoms with E-state index >= 15 is 0 Å². The maximum atomic E-state index is 13.1. The van der Waals surface area contributed by atoms with E-state index in [0.29, 0.717) is 22.4 Å². The molecule has 164 valence electrons. The summed E-state index contributed by atoms with van der Waals surface area (Å²) in [5, 5.41) is 10.9. The molecule has 0 unspecified atom stereocenters. The highest BCUT2D eigenvalue weighted by Crippen LogP contribution is 2.34. The molecule has 0 aliphatic heterocycles. The van der Waals surface area contributed by atoms with Crippen molar-refractivity contribution in [2.45, 2.75) is 17.9 Å². The van der Waals surface area contributed by atoms with Crippen LogP contribution in [0, 0.1) is 0 Å². The minimum atomic E-state index is -4.58. The third-order valence-corrected chi connectivity index (χ3v) is 5.21. The number of para-hydroxylation sites is 1. The first-order valence-corrected chi connectivity index (χ1v) is 10.2. The summed E-state index contributed by atoms with van der Waals surface area (Å²) in [6, 6.07) is 8.31. The number of furan rings is 1. The maximum Gasteiger partial charge on any atom is 0.418 e. The molecule has 4 aromatic rings. The Bertz CT molecular complexity index is 1200. The molecule has 0 fully saturated rings. The van der Waals surface area contributed by atoms with Gasteiger partial charge in [0.15, 0.2) is 11.0 Å². The first kappa shape index (κ1) is 21.6. The molecular weight excluding hydrogens is 445 g/mol. The Labute approximate surface area is 183 Å². The van der Waals surface area contributed by atoms with Gasteiger partial charge in [-0.15, -0.1) is 10.2 Å². The summed E-state index contributed by atoms with van der Waals surface area (Å²) in [5.41, 5.74) is -0.742. The molecule has 0 aliphatic rings. The lowest BCUT2D eigenvalue weighted by atomic mass is 10.1. The van der Waals surface area contributed by atoms with E-state index in [2.05, 4.69) is 25.5 Å². The standard InChI is InChI=1S/C20H15F3N6O2S/c21-20(22,23)14-5-1-2-6-15(14)26-17(30)12-32-19-28-27-18(16-10-24-7-8-25-16)29(19)11-13-4-3-9-31-13/h1-10H,11-12H2,(H,26,30).